The lowest BCUT2D eigenvalue weighted by atomic mass is 10.2. The van der Waals surface area contributed by atoms with Crippen LogP contribution in [0.3, 0.4) is 0 Å². The number of ether oxygens (including phenoxy) is 1. The van der Waals surface area contributed by atoms with E-state index < -0.39 is 15.8 Å². The molecule has 156 valence electrons. The number of sulfone groups is 1. The highest BCUT2D eigenvalue weighted by atomic mass is 32.2. The summed E-state index contributed by atoms with van der Waals surface area (Å²) in [5, 5.41) is 17.3. The number of para-hydroxylation sites is 2. The average molecular weight is 435 g/mol. The van der Waals surface area contributed by atoms with Crippen molar-refractivity contribution in [3.63, 3.8) is 0 Å². The van der Waals surface area contributed by atoms with E-state index in [1.807, 2.05) is 18.2 Å². The molecule has 0 saturated carbocycles. The van der Waals surface area contributed by atoms with Gasteiger partial charge >= 0.3 is 5.97 Å². The fraction of sp³-hybridized carbons (Fsp3) is 0.0455. The lowest BCUT2D eigenvalue weighted by molar-refractivity contribution is 0.0696. The van der Waals surface area contributed by atoms with E-state index in [-0.39, 0.29) is 15.4 Å². The smallest absolute Gasteiger partial charge is 0.335 e. The number of carboxylic acids is 1. The van der Waals surface area contributed by atoms with Gasteiger partial charge in [0, 0.05) is 5.56 Å². The molecule has 0 saturated heterocycles. The minimum absolute atomic E-state index is 0.00647. The van der Waals surface area contributed by atoms with Crippen molar-refractivity contribution in [1.82, 2.24) is 15.0 Å². The Morgan fingerprint density at radius 3 is 2.35 bits per heavy atom. The van der Waals surface area contributed by atoms with E-state index in [1.165, 1.54) is 35.0 Å². The standard InChI is InChI=1S/C22H17N3O5S/c1-30-20-8-4-3-7-19(20)25-14-18(23-24-25)17-6-2-5-9-21(17)31(28,29)16-12-10-15(11-13-16)22(26)27/h2-14H,1H3,(H,26,27). The van der Waals surface area contributed by atoms with Gasteiger partial charge in [0.1, 0.15) is 17.1 Å². The number of hydrogen-bond donors (Lipinski definition) is 1. The molecule has 4 aromatic rings. The summed E-state index contributed by atoms with van der Waals surface area (Å²) >= 11 is 0. The van der Waals surface area contributed by atoms with Gasteiger partial charge in [-0.3, -0.25) is 0 Å². The number of methoxy groups -OCH3 is 1. The molecule has 8 nitrogen and oxygen atoms in total. The second-order valence-electron chi connectivity index (χ2n) is 6.55. The van der Waals surface area contributed by atoms with Gasteiger partial charge in [-0.05, 0) is 42.5 Å². The number of nitrogens with zero attached hydrogens (tertiary/aromatic N) is 3. The summed E-state index contributed by atoms with van der Waals surface area (Å²) in [5.41, 5.74) is 1.42. The molecule has 0 unspecified atom stereocenters. The quantitative estimate of drug-likeness (QED) is 0.493. The lowest BCUT2D eigenvalue weighted by Gasteiger charge is -2.09. The molecule has 0 amide bonds. The molecule has 0 aliphatic carbocycles. The van der Waals surface area contributed by atoms with Crippen LogP contribution in [0, 0.1) is 0 Å². The Kier molecular flexibility index (Phi) is 5.26. The molecule has 0 spiro atoms. The van der Waals surface area contributed by atoms with E-state index >= 15 is 0 Å². The summed E-state index contributed by atoms with van der Waals surface area (Å²) in [6.45, 7) is 0. The number of carboxylic acid groups (broad SMARTS) is 1. The SMILES string of the molecule is COc1ccccc1-n1cc(-c2ccccc2S(=O)(=O)c2ccc(C(=O)O)cc2)nn1. The molecule has 0 fully saturated rings. The molecule has 1 aromatic heterocycles. The van der Waals surface area contributed by atoms with Gasteiger partial charge in [0.05, 0.1) is 28.7 Å². The van der Waals surface area contributed by atoms with Crippen molar-refractivity contribution in [2.24, 2.45) is 0 Å². The Bertz CT molecular complexity index is 1360. The lowest BCUT2D eigenvalue weighted by Crippen LogP contribution is -2.05. The molecule has 1 heterocycles. The van der Waals surface area contributed by atoms with Crippen molar-refractivity contribution < 1.29 is 23.1 Å². The van der Waals surface area contributed by atoms with Crippen LogP contribution in [0.25, 0.3) is 16.9 Å². The highest BCUT2D eigenvalue weighted by Gasteiger charge is 2.23. The van der Waals surface area contributed by atoms with Crippen molar-refractivity contribution in [2.75, 3.05) is 7.11 Å². The number of aromatic carboxylic acids is 1. The topological polar surface area (TPSA) is 111 Å². The monoisotopic (exact) mass is 435 g/mol. The van der Waals surface area contributed by atoms with Crippen LogP contribution in [0.4, 0.5) is 0 Å². The molecule has 4 rings (SSSR count). The molecule has 0 radical (unpaired) electrons. The Hall–Kier alpha value is -3.98. The maximum atomic E-state index is 13.3. The van der Waals surface area contributed by atoms with Crippen LogP contribution < -0.4 is 4.74 Å². The second kappa shape index (κ2) is 8.04. The number of hydrogen-bond acceptors (Lipinski definition) is 6. The van der Waals surface area contributed by atoms with Crippen LogP contribution in [0.2, 0.25) is 0 Å². The molecular formula is C22H17N3O5S. The van der Waals surface area contributed by atoms with Crippen molar-refractivity contribution in [2.45, 2.75) is 9.79 Å². The summed E-state index contributed by atoms with van der Waals surface area (Å²) in [7, 11) is -2.37. The average Bonchev–Trinajstić information content (AvgIpc) is 3.29. The molecule has 1 N–H and O–H groups in total. The first-order chi connectivity index (χ1) is 14.9. The third-order valence-corrected chi connectivity index (χ3v) is 6.52. The highest BCUT2D eigenvalue weighted by molar-refractivity contribution is 7.91. The third kappa shape index (κ3) is 3.78. The largest absolute Gasteiger partial charge is 0.494 e. The van der Waals surface area contributed by atoms with Gasteiger partial charge in [-0.25, -0.2) is 17.9 Å². The molecular weight excluding hydrogens is 418 g/mol. The molecule has 3 aromatic carbocycles. The van der Waals surface area contributed by atoms with Crippen molar-refractivity contribution in [3.8, 4) is 22.7 Å². The van der Waals surface area contributed by atoms with Crippen LogP contribution in [0.1, 0.15) is 10.4 Å². The zero-order valence-electron chi connectivity index (χ0n) is 16.3. The molecule has 31 heavy (non-hydrogen) atoms. The number of rotatable bonds is 6. The van der Waals surface area contributed by atoms with E-state index in [4.69, 9.17) is 9.84 Å². The Morgan fingerprint density at radius 2 is 1.65 bits per heavy atom. The van der Waals surface area contributed by atoms with Crippen LogP contribution >= 0.6 is 0 Å². The fourth-order valence-corrected chi connectivity index (χ4v) is 4.61. The van der Waals surface area contributed by atoms with Crippen LogP contribution in [0.15, 0.2) is 88.8 Å². The van der Waals surface area contributed by atoms with Gasteiger partial charge in [0.15, 0.2) is 0 Å². The molecule has 0 aliphatic rings. The third-order valence-electron chi connectivity index (χ3n) is 4.69. The van der Waals surface area contributed by atoms with Gasteiger partial charge in [-0.15, -0.1) is 5.10 Å². The van der Waals surface area contributed by atoms with Gasteiger partial charge in [0.2, 0.25) is 9.84 Å². The van der Waals surface area contributed by atoms with Crippen molar-refractivity contribution >= 4 is 15.8 Å². The first-order valence-electron chi connectivity index (χ1n) is 9.15. The molecule has 0 atom stereocenters. The molecule has 0 aliphatic heterocycles. The number of benzene rings is 3. The normalized spacial score (nSPS) is 11.3. The van der Waals surface area contributed by atoms with E-state index in [0.717, 1.165) is 0 Å². The van der Waals surface area contributed by atoms with Crippen LogP contribution in [0.5, 0.6) is 5.75 Å². The van der Waals surface area contributed by atoms with E-state index in [0.29, 0.717) is 22.7 Å². The van der Waals surface area contributed by atoms with E-state index in [1.54, 1.807) is 37.6 Å². The van der Waals surface area contributed by atoms with Gasteiger partial charge in [-0.1, -0.05) is 35.5 Å². The minimum atomic E-state index is -3.92. The predicted octanol–water partition coefficient (Wildman–Crippen LogP) is 3.47. The maximum absolute atomic E-state index is 13.3. The summed E-state index contributed by atoms with van der Waals surface area (Å²) in [6, 6.07) is 18.8. The highest BCUT2D eigenvalue weighted by Crippen LogP contribution is 2.31. The van der Waals surface area contributed by atoms with Gasteiger partial charge < -0.3 is 9.84 Å². The Labute approximate surface area is 178 Å². The minimum Gasteiger partial charge on any atom is -0.494 e. The molecule has 9 heteroatoms. The second-order valence-corrected chi connectivity index (χ2v) is 8.47. The van der Waals surface area contributed by atoms with E-state index in [9.17, 15) is 13.2 Å². The first kappa shape index (κ1) is 20.3. The van der Waals surface area contributed by atoms with Crippen molar-refractivity contribution in [1.29, 1.82) is 0 Å². The molecule has 0 bridgehead atoms. The van der Waals surface area contributed by atoms with Gasteiger partial charge in [0.25, 0.3) is 0 Å². The maximum Gasteiger partial charge on any atom is 0.335 e. The van der Waals surface area contributed by atoms with E-state index in [2.05, 4.69) is 10.3 Å². The summed E-state index contributed by atoms with van der Waals surface area (Å²) in [5.74, 6) is -0.532. The number of carbonyl (C=O) groups is 1. The summed E-state index contributed by atoms with van der Waals surface area (Å²) < 4.78 is 33.4. The summed E-state index contributed by atoms with van der Waals surface area (Å²) in [6.07, 6.45) is 1.62. The predicted molar refractivity (Wildman–Crippen MR) is 112 cm³/mol. The zero-order chi connectivity index (χ0) is 22.0. The Morgan fingerprint density at radius 1 is 0.968 bits per heavy atom. The van der Waals surface area contributed by atoms with Crippen LogP contribution in [-0.4, -0.2) is 41.6 Å². The Balaban J connectivity index is 1.78. The first-order valence-corrected chi connectivity index (χ1v) is 10.6. The number of aromatic nitrogens is 3. The van der Waals surface area contributed by atoms with Crippen molar-refractivity contribution in [3.05, 3.63) is 84.6 Å². The zero-order valence-corrected chi connectivity index (χ0v) is 17.2. The van der Waals surface area contributed by atoms with Crippen LogP contribution in [-0.2, 0) is 9.84 Å². The van der Waals surface area contributed by atoms with Gasteiger partial charge in [-0.2, -0.15) is 0 Å². The fourth-order valence-electron chi connectivity index (χ4n) is 3.14. The summed E-state index contributed by atoms with van der Waals surface area (Å²) in [4.78, 5) is 11.1.